The summed E-state index contributed by atoms with van der Waals surface area (Å²) >= 11 is 0. The molecule has 0 bridgehead atoms. The maximum atomic E-state index is 2.56. The second-order valence-electron chi connectivity index (χ2n) is 6.96. The van der Waals surface area contributed by atoms with Crippen LogP contribution in [-0.4, -0.2) is 0 Å². The predicted molar refractivity (Wildman–Crippen MR) is 71.6 cm³/mol. The van der Waals surface area contributed by atoms with Gasteiger partial charge in [0, 0.05) is 11.8 Å². The Bertz CT molecular complexity index is 422. The summed E-state index contributed by atoms with van der Waals surface area (Å²) in [6, 6.07) is 0. The standard InChI is InChI=1S/C17H22/c1-16-10-4-8-14(16)12-6-3-7-13(12)15-9-5-11-17(15,16)2/h4-5,8-9,14-15H,3,6-7,10-11H2,1-2H3. The fourth-order valence-electron chi connectivity index (χ4n) is 5.26. The normalized spacial score (nSPS) is 50.7. The van der Waals surface area contributed by atoms with E-state index < -0.39 is 0 Å². The van der Waals surface area contributed by atoms with Gasteiger partial charge in [0.1, 0.15) is 0 Å². The summed E-state index contributed by atoms with van der Waals surface area (Å²) in [7, 11) is 0. The van der Waals surface area contributed by atoms with Crippen molar-refractivity contribution in [2.75, 3.05) is 0 Å². The summed E-state index contributed by atoms with van der Waals surface area (Å²) in [6.07, 6.45) is 16.7. The first kappa shape index (κ1) is 10.2. The molecule has 0 radical (unpaired) electrons. The van der Waals surface area contributed by atoms with E-state index in [1.807, 2.05) is 11.1 Å². The molecule has 0 heteroatoms. The molecule has 0 aromatic heterocycles. The van der Waals surface area contributed by atoms with Crippen molar-refractivity contribution in [2.24, 2.45) is 22.7 Å². The number of fused-ring (bicyclic) bond motifs is 5. The first-order chi connectivity index (χ1) is 8.17. The Morgan fingerprint density at radius 1 is 0.882 bits per heavy atom. The van der Waals surface area contributed by atoms with Crippen molar-refractivity contribution < 1.29 is 0 Å². The molecule has 0 N–H and O–H groups in total. The summed E-state index contributed by atoms with van der Waals surface area (Å²) in [5.74, 6) is 1.53. The molecule has 0 heterocycles. The highest BCUT2D eigenvalue weighted by Crippen LogP contribution is 2.68. The molecule has 0 fully saturated rings. The largest absolute Gasteiger partial charge is 0.0873 e. The fraction of sp³-hybridized carbons (Fsp3) is 0.647. The highest BCUT2D eigenvalue weighted by Gasteiger charge is 2.59. The van der Waals surface area contributed by atoms with Crippen LogP contribution in [0.15, 0.2) is 35.5 Å². The van der Waals surface area contributed by atoms with E-state index in [1.54, 1.807) is 0 Å². The molecule has 0 spiro atoms. The average Bonchev–Trinajstić information content (AvgIpc) is 2.94. The summed E-state index contributed by atoms with van der Waals surface area (Å²) in [5.41, 5.74) is 4.64. The zero-order valence-electron chi connectivity index (χ0n) is 11.0. The van der Waals surface area contributed by atoms with Crippen LogP contribution in [0.1, 0.15) is 46.0 Å². The van der Waals surface area contributed by atoms with Gasteiger partial charge in [-0.05, 0) is 42.9 Å². The van der Waals surface area contributed by atoms with Gasteiger partial charge < -0.3 is 0 Å². The van der Waals surface area contributed by atoms with E-state index in [-0.39, 0.29) is 0 Å². The van der Waals surface area contributed by atoms with Crippen LogP contribution in [0.2, 0.25) is 0 Å². The fourth-order valence-corrected chi connectivity index (χ4v) is 5.26. The molecule has 0 saturated carbocycles. The Hall–Kier alpha value is -0.780. The Kier molecular flexibility index (Phi) is 1.77. The molecule has 4 aliphatic carbocycles. The summed E-state index contributed by atoms with van der Waals surface area (Å²) in [4.78, 5) is 0. The molecular formula is C17H22. The number of rotatable bonds is 0. The van der Waals surface area contributed by atoms with Crippen molar-refractivity contribution in [1.82, 2.24) is 0 Å². The Morgan fingerprint density at radius 2 is 1.35 bits per heavy atom. The molecule has 0 aliphatic heterocycles. The second-order valence-corrected chi connectivity index (χ2v) is 6.96. The second kappa shape index (κ2) is 2.96. The van der Waals surface area contributed by atoms with Crippen molar-refractivity contribution in [3.63, 3.8) is 0 Å². The van der Waals surface area contributed by atoms with Crippen LogP contribution in [-0.2, 0) is 0 Å². The lowest BCUT2D eigenvalue weighted by molar-refractivity contribution is 0.0182. The minimum absolute atomic E-state index is 0.490. The molecule has 4 aliphatic rings. The smallest absolute Gasteiger partial charge is 0.00421 e. The predicted octanol–water partition coefficient (Wildman–Crippen LogP) is 4.65. The van der Waals surface area contributed by atoms with Crippen LogP contribution < -0.4 is 0 Å². The van der Waals surface area contributed by atoms with E-state index in [0.29, 0.717) is 10.8 Å². The summed E-state index contributed by atoms with van der Waals surface area (Å²) in [6.45, 7) is 5.11. The molecule has 4 unspecified atom stereocenters. The molecule has 0 nitrogen and oxygen atoms in total. The lowest BCUT2D eigenvalue weighted by Crippen LogP contribution is -2.47. The van der Waals surface area contributed by atoms with Crippen molar-refractivity contribution in [1.29, 1.82) is 0 Å². The minimum Gasteiger partial charge on any atom is -0.0873 e. The van der Waals surface area contributed by atoms with Crippen LogP contribution in [0.3, 0.4) is 0 Å². The molecular weight excluding hydrogens is 204 g/mol. The number of hydrogen-bond acceptors (Lipinski definition) is 0. The van der Waals surface area contributed by atoms with Gasteiger partial charge in [-0.25, -0.2) is 0 Å². The zero-order chi connectivity index (χ0) is 11.7. The van der Waals surface area contributed by atoms with Gasteiger partial charge in [0.2, 0.25) is 0 Å². The minimum atomic E-state index is 0.490. The lowest BCUT2D eigenvalue weighted by atomic mass is 9.49. The molecule has 0 aromatic rings. The lowest BCUT2D eigenvalue weighted by Gasteiger charge is -2.54. The molecule has 0 saturated heterocycles. The summed E-state index contributed by atoms with van der Waals surface area (Å²) in [5, 5.41) is 0. The molecule has 17 heavy (non-hydrogen) atoms. The van der Waals surface area contributed by atoms with E-state index in [2.05, 4.69) is 38.2 Å². The molecule has 4 atom stereocenters. The topological polar surface area (TPSA) is 0 Å². The van der Waals surface area contributed by atoms with E-state index in [4.69, 9.17) is 0 Å². The van der Waals surface area contributed by atoms with Crippen LogP contribution in [0.4, 0.5) is 0 Å². The van der Waals surface area contributed by atoms with Crippen LogP contribution >= 0.6 is 0 Å². The van der Waals surface area contributed by atoms with E-state index in [0.717, 1.165) is 11.8 Å². The average molecular weight is 226 g/mol. The van der Waals surface area contributed by atoms with E-state index >= 15 is 0 Å². The monoisotopic (exact) mass is 226 g/mol. The highest BCUT2D eigenvalue weighted by atomic mass is 14.6. The summed E-state index contributed by atoms with van der Waals surface area (Å²) < 4.78 is 0. The van der Waals surface area contributed by atoms with Crippen LogP contribution in [0.25, 0.3) is 0 Å². The van der Waals surface area contributed by atoms with Crippen molar-refractivity contribution in [3.8, 4) is 0 Å². The van der Waals surface area contributed by atoms with Gasteiger partial charge in [0.15, 0.2) is 0 Å². The third-order valence-corrected chi connectivity index (χ3v) is 6.47. The Balaban J connectivity index is 1.95. The van der Waals surface area contributed by atoms with Crippen molar-refractivity contribution >= 4 is 0 Å². The van der Waals surface area contributed by atoms with Gasteiger partial charge in [-0.3, -0.25) is 0 Å². The van der Waals surface area contributed by atoms with Gasteiger partial charge in [0.05, 0.1) is 0 Å². The first-order valence-corrected chi connectivity index (χ1v) is 7.22. The van der Waals surface area contributed by atoms with Gasteiger partial charge in [-0.1, -0.05) is 49.3 Å². The third-order valence-electron chi connectivity index (χ3n) is 6.47. The molecule has 0 amide bonds. The van der Waals surface area contributed by atoms with Crippen molar-refractivity contribution in [3.05, 3.63) is 35.5 Å². The maximum Gasteiger partial charge on any atom is 0.00421 e. The van der Waals surface area contributed by atoms with Crippen LogP contribution in [0, 0.1) is 22.7 Å². The van der Waals surface area contributed by atoms with Gasteiger partial charge >= 0.3 is 0 Å². The molecule has 4 rings (SSSR count). The SMILES string of the molecule is CC12CC=CC1C1=C(CCC1)C1C=CCC12C. The van der Waals surface area contributed by atoms with Crippen LogP contribution in [0.5, 0.6) is 0 Å². The number of allylic oxidation sites excluding steroid dienone is 6. The van der Waals surface area contributed by atoms with E-state index in [9.17, 15) is 0 Å². The van der Waals surface area contributed by atoms with Gasteiger partial charge in [-0.2, -0.15) is 0 Å². The third kappa shape index (κ3) is 0.975. The highest BCUT2D eigenvalue weighted by molar-refractivity contribution is 5.42. The Labute approximate surface area is 104 Å². The van der Waals surface area contributed by atoms with Crippen molar-refractivity contribution in [2.45, 2.75) is 46.0 Å². The quantitative estimate of drug-likeness (QED) is 0.528. The zero-order valence-corrected chi connectivity index (χ0v) is 11.0. The Morgan fingerprint density at radius 3 is 1.82 bits per heavy atom. The molecule has 90 valence electrons. The van der Waals surface area contributed by atoms with Gasteiger partial charge in [-0.15, -0.1) is 0 Å². The first-order valence-electron chi connectivity index (χ1n) is 7.22. The van der Waals surface area contributed by atoms with Gasteiger partial charge in [0.25, 0.3) is 0 Å². The number of hydrogen-bond donors (Lipinski definition) is 0. The maximum absolute atomic E-state index is 2.56. The molecule has 0 aromatic carbocycles. The van der Waals surface area contributed by atoms with E-state index in [1.165, 1.54) is 32.1 Å².